The fourth-order valence-corrected chi connectivity index (χ4v) is 1.72. The van der Waals surface area contributed by atoms with Crippen molar-refractivity contribution in [2.24, 2.45) is 0 Å². The van der Waals surface area contributed by atoms with Gasteiger partial charge in [-0.25, -0.2) is 0 Å². The number of benzene rings is 1. The topological polar surface area (TPSA) is 71.1 Å². The highest BCUT2D eigenvalue weighted by Crippen LogP contribution is 2.14. The molecule has 0 radical (unpaired) electrons. The minimum absolute atomic E-state index is 0.125. The van der Waals surface area contributed by atoms with Crippen LogP contribution in [0.3, 0.4) is 0 Å². The van der Waals surface area contributed by atoms with Gasteiger partial charge in [0.25, 0.3) is 5.91 Å². The Morgan fingerprint density at radius 1 is 1.20 bits per heavy atom. The maximum Gasteiger partial charge on any atom is 0.253 e. The van der Waals surface area contributed by atoms with E-state index in [0.29, 0.717) is 16.3 Å². The average molecular weight is 290 g/mol. The van der Waals surface area contributed by atoms with Gasteiger partial charge in [0.15, 0.2) is 0 Å². The molecule has 0 aliphatic rings. The van der Waals surface area contributed by atoms with Crippen molar-refractivity contribution in [2.45, 2.75) is 0 Å². The highest BCUT2D eigenvalue weighted by molar-refractivity contribution is 6.30. The first kappa shape index (κ1) is 14.0. The van der Waals surface area contributed by atoms with Crippen LogP contribution >= 0.6 is 11.6 Å². The zero-order valence-corrected chi connectivity index (χ0v) is 11.2. The number of rotatable bonds is 4. The predicted molar refractivity (Wildman–Crippen MR) is 76.7 cm³/mol. The van der Waals surface area contributed by atoms with Gasteiger partial charge in [0.1, 0.15) is 0 Å². The molecule has 0 spiro atoms. The van der Waals surface area contributed by atoms with Crippen molar-refractivity contribution in [2.75, 3.05) is 11.9 Å². The lowest BCUT2D eigenvalue weighted by molar-refractivity contribution is -0.115. The summed E-state index contributed by atoms with van der Waals surface area (Å²) in [4.78, 5) is 27.2. The summed E-state index contributed by atoms with van der Waals surface area (Å²) >= 11 is 5.81. The molecule has 0 atom stereocenters. The highest BCUT2D eigenvalue weighted by atomic mass is 35.5. The van der Waals surface area contributed by atoms with Gasteiger partial charge in [-0.2, -0.15) is 0 Å². The average Bonchev–Trinajstić information content (AvgIpc) is 2.46. The number of amides is 2. The molecule has 20 heavy (non-hydrogen) atoms. The third-order valence-corrected chi connectivity index (χ3v) is 2.68. The van der Waals surface area contributed by atoms with Crippen LogP contribution in [0.15, 0.2) is 48.8 Å². The molecule has 0 fully saturated rings. The van der Waals surface area contributed by atoms with Crippen molar-refractivity contribution < 1.29 is 9.59 Å². The zero-order chi connectivity index (χ0) is 14.4. The van der Waals surface area contributed by atoms with Crippen LogP contribution < -0.4 is 10.6 Å². The van der Waals surface area contributed by atoms with E-state index in [-0.39, 0.29) is 18.4 Å². The predicted octanol–water partition coefficient (Wildman–Crippen LogP) is 2.10. The Bertz CT molecular complexity index is 617. The standard InChI is InChI=1S/C14H12ClN3O2/c15-11-4-1-5-12(7-11)18-13(19)9-17-14(20)10-3-2-6-16-8-10/h1-8H,9H2,(H,17,20)(H,18,19). The zero-order valence-electron chi connectivity index (χ0n) is 10.5. The first-order valence-corrected chi connectivity index (χ1v) is 6.26. The molecule has 102 valence electrons. The van der Waals surface area contributed by atoms with E-state index in [1.165, 1.54) is 6.20 Å². The molecule has 1 heterocycles. The van der Waals surface area contributed by atoms with Gasteiger partial charge in [0.2, 0.25) is 5.91 Å². The number of nitrogens with one attached hydrogen (secondary N) is 2. The molecule has 2 amide bonds. The molecule has 2 rings (SSSR count). The Balaban J connectivity index is 1.85. The van der Waals surface area contributed by atoms with Crippen LogP contribution in [-0.4, -0.2) is 23.3 Å². The summed E-state index contributed by atoms with van der Waals surface area (Å²) in [6, 6.07) is 10.1. The lowest BCUT2D eigenvalue weighted by Gasteiger charge is -2.07. The quantitative estimate of drug-likeness (QED) is 0.905. The smallest absolute Gasteiger partial charge is 0.253 e. The number of hydrogen-bond donors (Lipinski definition) is 2. The molecule has 0 saturated heterocycles. The minimum Gasteiger partial charge on any atom is -0.343 e. The van der Waals surface area contributed by atoms with Gasteiger partial charge in [0.05, 0.1) is 12.1 Å². The Hall–Kier alpha value is -2.40. The summed E-state index contributed by atoms with van der Waals surface area (Å²) < 4.78 is 0. The Morgan fingerprint density at radius 3 is 2.75 bits per heavy atom. The molecular weight excluding hydrogens is 278 g/mol. The van der Waals surface area contributed by atoms with Gasteiger partial charge in [-0.3, -0.25) is 14.6 Å². The molecule has 1 aromatic heterocycles. The van der Waals surface area contributed by atoms with E-state index in [2.05, 4.69) is 15.6 Å². The van der Waals surface area contributed by atoms with Gasteiger partial charge < -0.3 is 10.6 Å². The van der Waals surface area contributed by atoms with Crippen molar-refractivity contribution >= 4 is 29.1 Å². The van der Waals surface area contributed by atoms with Crippen LogP contribution in [-0.2, 0) is 4.79 Å². The van der Waals surface area contributed by atoms with E-state index in [9.17, 15) is 9.59 Å². The summed E-state index contributed by atoms with van der Waals surface area (Å²) in [7, 11) is 0. The van der Waals surface area contributed by atoms with Crippen molar-refractivity contribution in [1.82, 2.24) is 10.3 Å². The molecule has 0 unspecified atom stereocenters. The monoisotopic (exact) mass is 289 g/mol. The molecule has 0 bridgehead atoms. The van der Waals surface area contributed by atoms with Gasteiger partial charge >= 0.3 is 0 Å². The first-order valence-electron chi connectivity index (χ1n) is 5.89. The number of carbonyl (C=O) groups is 2. The number of halogens is 1. The van der Waals surface area contributed by atoms with E-state index < -0.39 is 0 Å². The van der Waals surface area contributed by atoms with Gasteiger partial charge in [-0.15, -0.1) is 0 Å². The lowest BCUT2D eigenvalue weighted by Crippen LogP contribution is -2.32. The summed E-state index contributed by atoms with van der Waals surface area (Å²) in [5.41, 5.74) is 0.987. The highest BCUT2D eigenvalue weighted by Gasteiger charge is 2.08. The Labute approximate surface area is 121 Å². The molecule has 0 aliphatic carbocycles. The normalized spacial score (nSPS) is 9.85. The fraction of sp³-hybridized carbons (Fsp3) is 0.0714. The van der Waals surface area contributed by atoms with Crippen LogP contribution in [0.2, 0.25) is 5.02 Å². The molecule has 2 aromatic rings. The second-order valence-corrected chi connectivity index (χ2v) is 4.42. The largest absolute Gasteiger partial charge is 0.343 e. The third kappa shape index (κ3) is 4.07. The van der Waals surface area contributed by atoms with Crippen LogP contribution in [0.5, 0.6) is 0 Å². The van der Waals surface area contributed by atoms with E-state index in [1.807, 2.05) is 0 Å². The van der Waals surface area contributed by atoms with Crippen molar-refractivity contribution in [1.29, 1.82) is 0 Å². The molecule has 6 heteroatoms. The molecule has 0 aliphatic heterocycles. The lowest BCUT2D eigenvalue weighted by atomic mass is 10.2. The van der Waals surface area contributed by atoms with Gasteiger partial charge in [0, 0.05) is 23.1 Å². The molecular formula is C14H12ClN3O2. The molecule has 0 saturated carbocycles. The SMILES string of the molecule is O=C(CNC(=O)c1cccnc1)Nc1cccc(Cl)c1. The fourth-order valence-electron chi connectivity index (χ4n) is 1.53. The number of carbonyl (C=O) groups excluding carboxylic acids is 2. The van der Waals surface area contributed by atoms with Gasteiger partial charge in [-0.1, -0.05) is 17.7 Å². The van der Waals surface area contributed by atoms with Crippen LogP contribution in [0.1, 0.15) is 10.4 Å². The maximum atomic E-state index is 11.7. The second kappa shape index (κ2) is 6.68. The maximum absolute atomic E-state index is 11.7. The van der Waals surface area contributed by atoms with E-state index in [0.717, 1.165) is 0 Å². The van der Waals surface area contributed by atoms with Crippen LogP contribution in [0, 0.1) is 0 Å². The summed E-state index contributed by atoms with van der Waals surface area (Å²) in [5, 5.41) is 5.68. The van der Waals surface area contributed by atoms with Crippen LogP contribution in [0.25, 0.3) is 0 Å². The Kier molecular flexibility index (Phi) is 4.68. The third-order valence-electron chi connectivity index (χ3n) is 2.44. The van der Waals surface area contributed by atoms with Crippen molar-refractivity contribution in [3.05, 3.63) is 59.4 Å². The molecule has 5 nitrogen and oxygen atoms in total. The summed E-state index contributed by atoms with van der Waals surface area (Å²) in [6.45, 7) is -0.125. The van der Waals surface area contributed by atoms with E-state index >= 15 is 0 Å². The second-order valence-electron chi connectivity index (χ2n) is 3.98. The number of nitrogens with zero attached hydrogens (tertiary/aromatic N) is 1. The molecule has 2 N–H and O–H groups in total. The number of aromatic nitrogens is 1. The minimum atomic E-state index is -0.348. The van der Waals surface area contributed by atoms with E-state index in [1.54, 1.807) is 42.6 Å². The number of hydrogen-bond acceptors (Lipinski definition) is 3. The van der Waals surface area contributed by atoms with Crippen molar-refractivity contribution in [3.63, 3.8) is 0 Å². The Morgan fingerprint density at radius 2 is 2.05 bits per heavy atom. The van der Waals surface area contributed by atoms with Gasteiger partial charge in [-0.05, 0) is 30.3 Å². The van der Waals surface area contributed by atoms with E-state index in [4.69, 9.17) is 11.6 Å². The number of anilines is 1. The van der Waals surface area contributed by atoms with Crippen molar-refractivity contribution in [3.8, 4) is 0 Å². The summed E-state index contributed by atoms with van der Waals surface area (Å²) in [6.07, 6.45) is 3.01. The van der Waals surface area contributed by atoms with Crippen LogP contribution in [0.4, 0.5) is 5.69 Å². The first-order chi connectivity index (χ1) is 9.65. The molecule has 1 aromatic carbocycles. The summed E-state index contributed by atoms with van der Waals surface area (Å²) in [5.74, 6) is -0.677. The number of pyridine rings is 1.